The van der Waals surface area contributed by atoms with Crippen molar-refractivity contribution < 1.29 is 9.53 Å². The number of benzene rings is 2. The second-order valence-corrected chi connectivity index (χ2v) is 6.31. The van der Waals surface area contributed by atoms with E-state index in [9.17, 15) is 4.79 Å². The molecule has 0 aliphatic carbocycles. The van der Waals surface area contributed by atoms with E-state index in [0.29, 0.717) is 17.0 Å². The van der Waals surface area contributed by atoms with Gasteiger partial charge < -0.3 is 10.1 Å². The highest BCUT2D eigenvalue weighted by Crippen LogP contribution is 2.24. The Kier molecular flexibility index (Phi) is 5.69. The number of amides is 1. The highest BCUT2D eigenvalue weighted by Gasteiger charge is 2.10. The van der Waals surface area contributed by atoms with Crippen LogP contribution in [0.25, 0.3) is 0 Å². The Morgan fingerprint density at radius 2 is 1.80 bits per heavy atom. The second kappa shape index (κ2) is 8.35. The number of rotatable bonds is 6. The largest absolute Gasteiger partial charge is 0.495 e. The van der Waals surface area contributed by atoms with Crippen LogP contribution in [0.1, 0.15) is 15.9 Å². The maximum absolute atomic E-state index is 12.4. The molecule has 1 N–H and O–H groups in total. The normalized spacial score (nSPS) is 10.3. The number of carbonyl (C=O) groups excluding carboxylic acids is 1. The summed E-state index contributed by atoms with van der Waals surface area (Å²) in [6.45, 7) is 0. The van der Waals surface area contributed by atoms with Gasteiger partial charge in [-0.1, -0.05) is 42.5 Å². The molecule has 0 saturated heterocycles. The van der Waals surface area contributed by atoms with Crippen molar-refractivity contribution in [2.75, 3.05) is 12.4 Å². The van der Waals surface area contributed by atoms with Crippen molar-refractivity contribution in [2.45, 2.75) is 10.8 Å². The summed E-state index contributed by atoms with van der Waals surface area (Å²) in [6, 6.07) is 21.2. The molecule has 1 aromatic heterocycles. The molecule has 0 spiro atoms. The highest BCUT2D eigenvalue weighted by molar-refractivity contribution is 7.98. The summed E-state index contributed by atoms with van der Waals surface area (Å²) in [6.07, 6.45) is 1.60. The minimum absolute atomic E-state index is 0.211. The van der Waals surface area contributed by atoms with Crippen LogP contribution >= 0.6 is 11.8 Å². The van der Waals surface area contributed by atoms with Gasteiger partial charge in [-0.2, -0.15) is 0 Å². The van der Waals surface area contributed by atoms with Gasteiger partial charge in [-0.05, 0) is 29.8 Å². The fourth-order valence-corrected chi connectivity index (χ4v) is 3.07. The third-order valence-electron chi connectivity index (χ3n) is 3.58. The van der Waals surface area contributed by atoms with Crippen LogP contribution in [0, 0.1) is 0 Å². The van der Waals surface area contributed by atoms with Crippen molar-refractivity contribution in [1.29, 1.82) is 0 Å². The van der Waals surface area contributed by atoms with Gasteiger partial charge in [0.2, 0.25) is 0 Å². The number of anilines is 1. The summed E-state index contributed by atoms with van der Waals surface area (Å²) in [5.41, 5.74) is 2.39. The average Bonchev–Trinajstić information content (AvgIpc) is 2.68. The van der Waals surface area contributed by atoms with Crippen LogP contribution in [0.5, 0.6) is 5.75 Å². The molecule has 0 unspecified atom stereocenters. The summed E-state index contributed by atoms with van der Waals surface area (Å²) < 4.78 is 5.24. The van der Waals surface area contributed by atoms with Gasteiger partial charge in [0, 0.05) is 11.9 Å². The minimum atomic E-state index is -0.211. The predicted molar refractivity (Wildman–Crippen MR) is 101 cm³/mol. The fourth-order valence-electron chi connectivity index (χ4n) is 2.27. The Hall–Kier alpha value is -2.79. The number of aromatic nitrogens is 1. The molecule has 0 atom stereocenters. The van der Waals surface area contributed by atoms with Crippen molar-refractivity contribution in [3.8, 4) is 5.75 Å². The third kappa shape index (κ3) is 4.61. The smallest absolute Gasteiger partial charge is 0.257 e. The van der Waals surface area contributed by atoms with Crippen LogP contribution in [0.2, 0.25) is 0 Å². The Morgan fingerprint density at radius 3 is 2.52 bits per heavy atom. The molecule has 0 fully saturated rings. The van der Waals surface area contributed by atoms with Crippen LogP contribution in [-0.2, 0) is 5.75 Å². The van der Waals surface area contributed by atoms with Gasteiger partial charge in [0.15, 0.2) is 0 Å². The first-order chi connectivity index (χ1) is 12.3. The van der Waals surface area contributed by atoms with Gasteiger partial charge in [0.05, 0.1) is 23.4 Å². The Labute approximate surface area is 151 Å². The summed E-state index contributed by atoms with van der Waals surface area (Å²) in [5, 5.41) is 3.73. The van der Waals surface area contributed by atoms with E-state index in [-0.39, 0.29) is 5.91 Å². The lowest BCUT2D eigenvalue weighted by atomic mass is 10.2. The molecule has 0 radical (unpaired) electrons. The van der Waals surface area contributed by atoms with E-state index in [1.54, 1.807) is 43.3 Å². The molecule has 0 bridgehead atoms. The number of thioether (sulfide) groups is 1. The van der Waals surface area contributed by atoms with Gasteiger partial charge >= 0.3 is 0 Å². The third-order valence-corrected chi connectivity index (χ3v) is 4.60. The van der Waals surface area contributed by atoms with E-state index in [0.717, 1.165) is 10.8 Å². The number of hydrogen-bond acceptors (Lipinski definition) is 4. The van der Waals surface area contributed by atoms with E-state index in [4.69, 9.17) is 4.74 Å². The van der Waals surface area contributed by atoms with Crippen LogP contribution in [0.3, 0.4) is 0 Å². The lowest BCUT2D eigenvalue weighted by Crippen LogP contribution is -2.12. The first-order valence-corrected chi connectivity index (χ1v) is 8.82. The quantitative estimate of drug-likeness (QED) is 0.658. The van der Waals surface area contributed by atoms with Gasteiger partial charge in [0.25, 0.3) is 5.91 Å². The molecule has 1 heterocycles. The second-order valence-electron chi connectivity index (χ2n) is 5.31. The van der Waals surface area contributed by atoms with Gasteiger partial charge in [0.1, 0.15) is 5.75 Å². The number of pyridine rings is 1. The Morgan fingerprint density at radius 1 is 1.04 bits per heavy atom. The van der Waals surface area contributed by atoms with Gasteiger partial charge in [-0.25, -0.2) is 4.98 Å². The number of nitrogens with zero attached hydrogens (tertiary/aromatic N) is 1. The molecule has 2 aromatic carbocycles. The summed E-state index contributed by atoms with van der Waals surface area (Å²) in [5.74, 6) is 1.26. The Bertz CT molecular complexity index is 836. The minimum Gasteiger partial charge on any atom is -0.495 e. The summed E-state index contributed by atoms with van der Waals surface area (Å²) in [7, 11) is 1.57. The Balaban J connectivity index is 1.62. The monoisotopic (exact) mass is 350 g/mol. The summed E-state index contributed by atoms with van der Waals surface area (Å²) >= 11 is 1.64. The van der Waals surface area contributed by atoms with Crippen molar-refractivity contribution in [1.82, 2.24) is 4.98 Å². The maximum Gasteiger partial charge on any atom is 0.257 e. The molecule has 3 aromatic rings. The average molecular weight is 350 g/mol. The molecule has 25 heavy (non-hydrogen) atoms. The molecule has 126 valence electrons. The molecule has 0 aliphatic heterocycles. The van der Waals surface area contributed by atoms with Crippen molar-refractivity contribution in [2.24, 2.45) is 0 Å². The number of methoxy groups -OCH3 is 1. The molecular weight excluding hydrogens is 332 g/mol. The van der Waals surface area contributed by atoms with E-state index in [1.165, 1.54) is 5.56 Å². The van der Waals surface area contributed by atoms with E-state index >= 15 is 0 Å². The van der Waals surface area contributed by atoms with Crippen LogP contribution in [0.15, 0.2) is 78.0 Å². The number of nitrogens with one attached hydrogen (secondary N) is 1. The van der Waals surface area contributed by atoms with E-state index in [1.807, 2.05) is 36.4 Å². The van der Waals surface area contributed by atoms with Crippen molar-refractivity contribution in [3.63, 3.8) is 0 Å². The number of carbonyl (C=O) groups is 1. The summed E-state index contributed by atoms with van der Waals surface area (Å²) in [4.78, 5) is 16.7. The zero-order valence-electron chi connectivity index (χ0n) is 13.8. The zero-order chi connectivity index (χ0) is 17.5. The highest BCUT2D eigenvalue weighted by atomic mass is 32.2. The number of ether oxygens (including phenoxy) is 1. The van der Waals surface area contributed by atoms with Crippen molar-refractivity contribution in [3.05, 3.63) is 84.1 Å². The number of para-hydroxylation sites is 2. The van der Waals surface area contributed by atoms with Crippen LogP contribution in [-0.4, -0.2) is 18.0 Å². The lowest BCUT2D eigenvalue weighted by molar-refractivity contribution is 0.102. The topological polar surface area (TPSA) is 51.2 Å². The van der Waals surface area contributed by atoms with Crippen LogP contribution < -0.4 is 10.1 Å². The lowest BCUT2D eigenvalue weighted by Gasteiger charge is -2.09. The first-order valence-electron chi connectivity index (χ1n) is 7.83. The SMILES string of the molecule is COc1ccccc1NC(=O)c1ccc(SCc2ccccc2)nc1. The molecule has 0 aliphatic rings. The van der Waals surface area contributed by atoms with Crippen LogP contribution in [0.4, 0.5) is 5.69 Å². The molecular formula is C20H18N2O2S. The van der Waals surface area contributed by atoms with Crippen molar-refractivity contribution >= 4 is 23.4 Å². The maximum atomic E-state index is 12.4. The zero-order valence-corrected chi connectivity index (χ0v) is 14.6. The predicted octanol–water partition coefficient (Wildman–Crippen LogP) is 4.63. The van der Waals surface area contributed by atoms with E-state index in [2.05, 4.69) is 22.4 Å². The number of hydrogen-bond donors (Lipinski definition) is 1. The van der Waals surface area contributed by atoms with Gasteiger partial charge in [-0.15, -0.1) is 11.8 Å². The van der Waals surface area contributed by atoms with Gasteiger partial charge in [-0.3, -0.25) is 4.79 Å². The molecule has 5 heteroatoms. The standard InChI is InChI=1S/C20H18N2O2S/c1-24-18-10-6-5-9-17(18)22-20(23)16-11-12-19(21-13-16)25-14-15-7-3-2-4-8-15/h2-13H,14H2,1H3,(H,22,23). The fraction of sp³-hybridized carbons (Fsp3) is 0.100. The molecule has 1 amide bonds. The van der Waals surface area contributed by atoms with E-state index < -0.39 is 0 Å². The first kappa shape index (κ1) is 17.0. The molecule has 4 nitrogen and oxygen atoms in total. The molecule has 0 saturated carbocycles. The molecule has 3 rings (SSSR count).